The van der Waals surface area contributed by atoms with Crippen LogP contribution in [-0.2, 0) is 9.59 Å². The maximum Gasteiger partial charge on any atom is 0.234 e. The molecule has 0 unspecified atom stereocenters. The monoisotopic (exact) mass is 241 g/mol. The number of hydrogen-bond donors (Lipinski definition) is 2. The largest absolute Gasteiger partial charge is 0.355 e. The molecule has 5 nitrogen and oxygen atoms in total. The van der Waals surface area contributed by atoms with E-state index in [-0.39, 0.29) is 11.8 Å². The molecule has 1 saturated heterocycles. The quantitative estimate of drug-likeness (QED) is 0.665. The van der Waals surface area contributed by atoms with Crippen LogP contribution < -0.4 is 10.6 Å². The van der Waals surface area contributed by atoms with Crippen molar-refractivity contribution in [2.24, 2.45) is 5.92 Å². The van der Waals surface area contributed by atoms with Gasteiger partial charge in [0.25, 0.3) is 0 Å². The summed E-state index contributed by atoms with van der Waals surface area (Å²) in [4.78, 5) is 24.4. The summed E-state index contributed by atoms with van der Waals surface area (Å²) >= 11 is 0. The van der Waals surface area contributed by atoms with Crippen molar-refractivity contribution in [3.63, 3.8) is 0 Å². The molecule has 0 spiro atoms. The van der Waals surface area contributed by atoms with Gasteiger partial charge in [0.05, 0.1) is 6.54 Å². The highest BCUT2D eigenvalue weighted by molar-refractivity contribution is 5.78. The Labute approximate surface area is 103 Å². The van der Waals surface area contributed by atoms with Gasteiger partial charge in [-0.2, -0.15) is 0 Å². The molecule has 0 saturated carbocycles. The van der Waals surface area contributed by atoms with Crippen molar-refractivity contribution in [2.75, 3.05) is 32.7 Å². The lowest BCUT2D eigenvalue weighted by Gasteiger charge is -2.29. The lowest BCUT2D eigenvalue weighted by atomic mass is 9.99. The smallest absolute Gasteiger partial charge is 0.234 e. The van der Waals surface area contributed by atoms with Crippen LogP contribution in [0.1, 0.15) is 26.7 Å². The van der Waals surface area contributed by atoms with Crippen LogP contribution in [0.2, 0.25) is 0 Å². The zero-order chi connectivity index (χ0) is 12.7. The van der Waals surface area contributed by atoms with Gasteiger partial charge in [-0.25, -0.2) is 0 Å². The summed E-state index contributed by atoms with van der Waals surface area (Å²) < 4.78 is 0. The van der Waals surface area contributed by atoms with E-state index < -0.39 is 0 Å². The number of nitrogens with zero attached hydrogens (tertiary/aromatic N) is 1. The van der Waals surface area contributed by atoms with Crippen LogP contribution in [0, 0.1) is 5.92 Å². The van der Waals surface area contributed by atoms with E-state index >= 15 is 0 Å². The molecule has 0 atom stereocenters. The maximum atomic E-state index is 11.6. The minimum Gasteiger partial charge on any atom is -0.355 e. The number of nitrogens with one attached hydrogen (secondary N) is 2. The van der Waals surface area contributed by atoms with E-state index in [4.69, 9.17) is 0 Å². The molecular formula is C12H23N3O2. The van der Waals surface area contributed by atoms with E-state index in [1.807, 2.05) is 0 Å². The van der Waals surface area contributed by atoms with Crippen molar-refractivity contribution in [2.45, 2.75) is 26.7 Å². The molecule has 1 aliphatic heterocycles. The average Bonchev–Trinajstić information content (AvgIpc) is 2.27. The number of likely N-dealkylation sites (tertiary alicyclic amines) is 1. The standard InChI is InChI=1S/C12H23N3O2/c1-10-3-7-15(8-4-10)9-12(17)14-6-5-13-11(2)16/h10H,3-9H2,1-2H3,(H,13,16)(H,14,17). The van der Waals surface area contributed by atoms with Crippen molar-refractivity contribution < 1.29 is 9.59 Å². The van der Waals surface area contributed by atoms with Crippen LogP contribution >= 0.6 is 0 Å². The number of carbonyl (C=O) groups excluding carboxylic acids is 2. The van der Waals surface area contributed by atoms with Gasteiger partial charge in [-0.05, 0) is 31.8 Å². The predicted octanol–water partition coefficient (Wildman–Crippen LogP) is -0.0294. The molecular weight excluding hydrogens is 218 g/mol. The molecule has 1 heterocycles. The van der Waals surface area contributed by atoms with E-state index in [2.05, 4.69) is 22.5 Å². The fourth-order valence-electron chi connectivity index (χ4n) is 1.92. The minimum absolute atomic E-state index is 0.0462. The number of amides is 2. The van der Waals surface area contributed by atoms with Gasteiger partial charge >= 0.3 is 0 Å². The van der Waals surface area contributed by atoms with E-state index in [9.17, 15) is 9.59 Å². The molecule has 17 heavy (non-hydrogen) atoms. The Morgan fingerprint density at radius 2 is 1.76 bits per heavy atom. The first-order valence-corrected chi connectivity index (χ1v) is 6.31. The van der Waals surface area contributed by atoms with Crippen molar-refractivity contribution in [1.82, 2.24) is 15.5 Å². The van der Waals surface area contributed by atoms with Crippen molar-refractivity contribution in [1.29, 1.82) is 0 Å². The van der Waals surface area contributed by atoms with Crippen molar-refractivity contribution >= 4 is 11.8 Å². The zero-order valence-electron chi connectivity index (χ0n) is 10.8. The van der Waals surface area contributed by atoms with Crippen LogP contribution in [0.15, 0.2) is 0 Å². The van der Waals surface area contributed by atoms with Crippen molar-refractivity contribution in [3.05, 3.63) is 0 Å². The van der Waals surface area contributed by atoms with E-state index in [1.54, 1.807) is 0 Å². The van der Waals surface area contributed by atoms with Gasteiger partial charge in [-0.15, -0.1) is 0 Å². The predicted molar refractivity (Wildman–Crippen MR) is 66.5 cm³/mol. The average molecular weight is 241 g/mol. The topological polar surface area (TPSA) is 61.4 Å². The summed E-state index contributed by atoms with van der Waals surface area (Å²) in [5, 5.41) is 5.44. The van der Waals surface area contributed by atoms with Crippen molar-refractivity contribution in [3.8, 4) is 0 Å². The SMILES string of the molecule is CC(=O)NCCNC(=O)CN1CCC(C)CC1. The number of hydrogen-bond acceptors (Lipinski definition) is 3. The summed E-state index contributed by atoms with van der Waals surface area (Å²) in [5.74, 6) is 0.767. The van der Waals surface area contributed by atoms with E-state index in [1.165, 1.54) is 19.8 Å². The van der Waals surface area contributed by atoms with Gasteiger partial charge in [-0.1, -0.05) is 6.92 Å². The van der Waals surface area contributed by atoms with Crippen LogP contribution in [0.25, 0.3) is 0 Å². The third-order valence-corrected chi connectivity index (χ3v) is 3.06. The van der Waals surface area contributed by atoms with E-state index in [0.717, 1.165) is 19.0 Å². The summed E-state index contributed by atoms with van der Waals surface area (Å²) in [6.07, 6.45) is 2.36. The Kier molecular flexibility index (Phi) is 5.97. The Hall–Kier alpha value is -1.10. The second-order valence-corrected chi connectivity index (χ2v) is 4.79. The highest BCUT2D eigenvalue weighted by Crippen LogP contribution is 2.15. The van der Waals surface area contributed by atoms with Gasteiger partial charge in [-0.3, -0.25) is 14.5 Å². The fraction of sp³-hybridized carbons (Fsp3) is 0.833. The zero-order valence-corrected chi connectivity index (χ0v) is 10.8. The number of piperidine rings is 1. The number of rotatable bonds is 5. The molecule has 1 aliphatic rings. The van der Waals surface area contributed by atoms with Gasteiger partial charge in [0, 0.05) is 20.0 Å². The molecule has 0 aromatic carbocycles. The maximum absolute atomic E-state index is 11.6. The Bertz CT molecular complexity index is 260. The van der Waals surface area contributed by atoms with Gasteiger partial charge in [0.15, 0.2) is 0 Å². The van der Waals surface area contributed by atoms with Gasteiger partial charge in [0.1, 0.15) is 0 Å². The molecule has 0 aromatic heterocycles. The molecule has 0 aliphatic carbocycles. The lowest BCUT2D eigenvalue weighted by molar-refractivity contribution is -0.123. The molecule has 1 fully saturated rings. The number of carbonyl (C=O) groups is 2. The molecule has 5 heteroatoms. The van der Waals surface area contributed by atoms with Crippen LogP contribution in [0.3, 0.4) is 0 Å². The first-order chi connectivity index (χ1) is 8.08. The summed E-state index contributed by atoms with van der Waals surface area (Å²) in [7, 11) is 0. The normalized spacial score (nSPS) is 17.8. The molecule has 0 radical (unpaired) electrons. The molecule has 2 N–H and O–H groups in total. The molecule has 98 valence electrons. The van der Waals surface area contributed by atoms with E-state index in [0.29, 0.717) is 19.6 Å². The third-order valence-electron chi connectivity index (χ3n) is 3.06. The van der Waals surface area contributed by atoms with Crippen LogP contribution in [0.4, 0.5) is 0 Å². The summed E-state index contributed by atoms with van der Waals surface area (Å²) in [6, 6.07) is 0. The highest BCUT2D eigenvalue weighted by atomic mass is 16.2. The fourth-order valence-corrected chi connectivity index (χ4v) is 1.92. The van der Waals surface area contributed by atoms with Crippen LogP contribution in [0.5, 0.6) is 0 Å². The Balaban J connectivity index is 2.06. The third kappa shape index (κ3) is 6.26. The Morgan fingerprint density at radius 3 is 2.35 bits per heavy atom. The Morgan fingerprint density at radius 1 is 1.18 bits per heavy atom. The minimum atomic E-state index is -0.0655. The molecule has 2 amide bonds. The van der Waals surface area contributed by atoms with Gasteiger partial charge in [0.2, 0.25) is 11.8 Å². The first-order valence-electron chi connectivity index (χ1n) is 6.31. The molecule has 0 bridgehead atoms. The molecule has 1 rings (SSSR count). The van der Waals surface area contributed by atoms with Gasteiger partial charge < -0.3 is 10.6 Å². The molecule has 0 aromatic rings. The first kappa shape index (κ1) is 14.0. The second kappa shape index (κ2) is 7.27. The second-order valence-electron chi connectivity index (χ2n) is 4.79. The lowest BCUT2D eigenvalue weighted by Crippen LogP contribution is -2.43. The van der Waals surface area contributed by atoms with Crippen LogP contribution in [-0.4, -0.2) is 49.4 Å². The summed E-state index contributed by atoms with van der Waals surface area (Å²) in [5.41, 5.74) is 0. The highest BCUT2D eigenvalue weighted by Gasteiger charge is 2.17. The summed E-state index contributed by atoms with van der Waals surface area (Å²) in [6.45, 7) is 7.23.